The Labute approximate surface area is 142 Å². The van der Waals surface area contributed by atoms with Crippen LogP contribution in [0, 0.1) is 11.3 Å². The number of carbonyl (C=O) groups excluding carboxylic acids is 1. The van der Waals surface area contributed by atoms with Crippen LogP contribution in [0.25, 0.3) is 6.08 Å². The summed E-state index contributed by atoms with van der Waals surface area (Å²) in [5.74, 6) is 0.636. The highest BCUT2D eigenvalue weighted by Gasteiger charge is 2.26. The summed E-state index contributed by atoms with van der Waals surface area (Å²) in [6.45, 7) is 3.74. The van der Waals surface area contributed by atoms with Crippen molar-refractivity contribution >= 4 is 24.4 Å². The van der Waals surface area contributed by atoms with Crippen LogP contribution in [-0.4, -0.2) is 31.1 Å². The molecule has 0 aliphatic carbocycles. The van der Waals surface area contributed by atoms with E-state index < -0.39 is 0 Å². The molecule has 0 bridgehead atoms. The van der Waals surface area contributed by atoms with Gasteiger partial charge in [0.15, 0.2) is 0 Å². The maximum absolute atomic E-state index is 12.5. The lowest BCUT2D eigenvalue weighted by Gasteiger charge is -2.27. The van der Waals surface area contributed by atoms with Gasteiger partial charge in [0.2, 0.25) is 0 Å². The summed E-state index contributed by atoms with van der Waals surface area (Å²) in [6.07, 6.45) is 3.44. The summed E-state index contributed by atoms with van der Waals surface area (Å²) in [5, 5.41) is 15.4. The summed E-state index contributed by atoms with van der Waals surface area (Å²) in [5.41, 5.74) is 1.96. The molecule has 1 aromatic carbocycles. The van der Waals surface area contributed by atoms with Crippen LogP contribution in [-0.2, 0) is 4.79 Å². The number of nitrogens with one attached hydrogen (secondary N) is 2. The molecule has 0 saturated carbocycles. The smallest absolute Gasteiger partial charge is 0.251 e. The van der Waals surface area contributed by atoms with Crippen LogP contribution in [0.4, 0.5) is 0 Å². The molecule has 1 unspecified atom stereocenters. The standard InChI is InChI=1S/C17H19N3O2.ClH/c1-11-15(17(21)20-14-4-6-19-7-5-14)9-13-8-12(10-18)2-3-16(13)22-11;/h2-3,8-9,11,14,19H,4-7H2,1H3,(H,20,21);1H. The lowest BCUT2D eigenvalue weighted by Crippen LogP contribution is -2.44. The lowest BCUT2D eigenvalue weighted by atomic mass is 9.99. The van der Waals surface area contributed by atoms with Crippen molar-refractivity contribution in [3.63, 3.8) is 0 Å². The van der Waals surface area contributed by atoms with Gasteiger partial charge in [-0.3, -0.25) is 4.79 Å². The number of hydrogen-bond donors (Lipinski definition) is 2. The van der Waals surface area contributed by atoms with Crippen LogP contribution in [0.5, 0.6) is 5.75 Å². The fourth-order valence-corrected chi connectivity index (χ4v) is 2.86. The number of amides is 1. The maximum Gasteiger partial charge on any atom is 0.251 e. The number of ether oxygens (including phenoxy) is 1. The Morgan fingerprint density at radius 3 is 2.83 bits per heavy atom. The number of carbonyl (C=O) groups is 1. The quantitative estimate of drug-likeness (QED) is 0.868. The molecule has 122 valence electrons. The zero-order valence-corrected chi connectivity index (χ0v) is 13.8. The third-order valence-electron chi connectivity index (χ3n) is 4.13. The highest BCUT2D eigenvalue weighted by molar-refractivity contribution is 6.00. The van der Waals surface area contributed by atoms with Gasteiger partial charge in [0.05, 0.1) is 17.2 Å². The van der Waals surface area contributed by atoms with Crippen molar-refractivity contribution in [2.45, 2.75) is 31.9 Å². The zero-order valence-electron chi connectivity index (χ0n) is 13.0. The molecule has 2 N–H and O–H groups in total. The third kappa shape index (κ3) is 3.84. The molecule has 0 spiro atoms. The Morgan fingerprint density at radius 1 is 1.39 bits per heavy atom. The van der Waals surface area contributed by atoms with E-state index in [0.29, 0.717) is 16.9 Å². The predicted octanol–water partition coefficient (Wildman–Crippen LogP) is 2.01. The first-order valence-electron chi connectivity index (χ1n) is 7.61. The zero-order chi connectivity index (χ0) is 15.5. The van der Waals surface area contributed by atoms with Crippen LogP contribution in [0.3, 0.4) is 0 Å². The number of nitriles is 1. The van der Waals surface area contributed by atoms with Crippen LogP contribution < -0.4 is 15.4 Å². The van der Waals surface area contributed by atoms with E-state index >= 15 is 0 Å². The number of halogens is 1. The molecule has 1 saturated heterocycles. The maximum atomic E-state index is 12.5. The van der Waals surface area contributed by atoms with Gasteiger partial charge in [0.1, 0.15) is 11.9 Å². The van der Waals surface area contributed by atoms with E-state index in [0.717, 1.165) is 31.5 Å². The number of piperidine rings is 1. The fraction of sp³-hybridized carbons (Fsp3) is 0.412. The summed E-state index contributed by atoms with van der Waals surface area (Å²) >= 11 is 0. The van der Waals surface area contributed by atoms with Crippen molar-refractivity contribution in [1.29, 1.82) is 5.26 Å². The Kier molecular flexibility index (Phi) is 5.64. The predicted molar refractivity (Wildman–Crippen MR) is 90.5 cm³/mol. The Morgan fingerprint density at radius 2 is 2.13 bits per heavy atom. The topological polar surface area (TPSA) is 74.1 Å². The van der Waals surface area contributed by atoms with Crippen LogP contribution in [0.1, 0.15) is 30.9 Å². The Bertz CT molecular complexity index is 660. The summed E-state index contributed by atoms with van der Waals surface area (Å²) in [7, 11) is 0. The summed E-state index contributed by atoms with van der Waals surface area (Å²) < 4.78 is 5.80. The third-order valence-corrected chi connectivity index (χ3v) is 4.13. The van der Waals surface area contributed by atoms with E-state index in [4.69, 9.17) is 10.00 Å². The number of nitrogens with zero attached hydrogens (tertiary/aromatic N) is 1. The molecule has 3 rings (SSSR count). The van der Waals surface area contributed by atoms with Crippen molar-refractivity contribution in [2.75, 3.05) is 13.1 Å². The Balaban J connectivity index is 0.00000192. The molecule has 5 nitrogen and oxygen atoms in total. The fourth-order valence-electron chi connectivity index (χ4n) is 2.86. The average Bonchev–Trinajstić information content (AvgIpc) is 2.54. The summed E-state index contributed by atoms with van der Waals surface area (Å²) in [4.78, 5) is 12.5. The molecule has 1 fully saturated rings. The first-order chi connectivity index (χ1) is 10.7. The molecular weight excluding hydrogens is 314 g/mol. The molecule has 2 aliphatic heterocycles. The van der Waals surface area contributed by atoms with Gasteiger partial charge in [-0.2, -0.15) is 5.26 Å². The molecule has 2 heterocycles. The molecule has 23 heavy (non-hydrogen) atoms. The van der Waals surface area contributed by atoms with Crippen LogP contribution >= 0.6 is 12.4 Å². The minimum Gasteiger partial charge on any atom is -0.485 e. The molecule has 0 radical (unpaired) electrons. The van der Waals surface area contributed by atoms with Crippen LogP contribution in [0.15, 0.2) is 23.8 Å². The van der Waals surface area contributed by atoms with Crippen molar-refractivity contribution in [3.05, 3.63) is 34.9 Å². The molecule has 1 amide bonds. The second-order valence-corrected chi connectivity index (χ2v) is 5.72. The van der Waals surface area contributed by atoms with Gasteiger partial charge in [-0.05, 0) is 57.1 Å². The molecule has 1 atom stereocenters. The second-order valence-electron chi connectivity index (χ2n) is 5.72. The number of benzene rings is 1. The number of rotatable bonds is 2. The van der Waals surface area contributed by atoms with E-state index in [2.05, 4.69) is 16.7 Å². The number of fused-ring (bicyclic) bond motifs is 1. The van der Waals surface area contributed by atoms with E-state index in [1.54, 1.807) is 18.2 Å². The SMILES string of the molecule is CC1Oc2ccc(C#N)cc2C=C1C(=O)NC1CCNCC1.Cl. The normalized spacial score (nSPS) is 20.2. The van der Waals surface area contributed by atoms with Crippen molar-refractivity contribution in [1.82, 2.24) is 10.6 Å². The highest BCUT2D eigenvalue weighted by Crippen LogP contribution is 2.30. The highest BCUT2D eigenvalue weighted by atomic mass is 35.5. The lowest BCUT2D eigenvalue weighted by molar-refractivity contribution is -0.119. The number of hydrogen-bond acceptors (Lipinski definition) is 4. The second kappa shape index (κ2) is 7.49. The van der Waals surface area contributed by atoms with Crippen molar-refractivity contribution < 1.29 is 9.53 Å². The molecular formula is C17H20ClN3O2. The largest absolute Gasteiger partial charge is 0.485 e. The Hall–Kier alpha value is -2.03. The van der Waals surface area contributed by atoms with Gasteiger partial charge in [0, 0.05) is 11.6 Å². The van der Waals surface area contributed by atoms with Crippen molar-refractivity contribution in [2.24, 2.45) is 0 Å². The van der Waals surface area contributed by atoms with Gasteiger partial charge >= 0.3 is 0 Å². The summed E-state index contributed by atoms with van der Waals surface area (Å²) in [6, 6.07) is 7.57. The van der Waals surface area contributed by atoms with Crippen molar-refractivity contribution in [3.8, 4) is 11.8 Å². The monoisotopic (exact) mass is 333 g/mol. The molecule has 2 aliphatic rings. The van der Waals surface area contributed by atoms with E-state index in [1.165, 1.54) is 0 Å². The minimum atomic E-state index is -0.290. The van der Waals surface area contributed by atoms with Gasteiger partial charge in [-0.15, -0.1) is 12.4 Å². The van der Waals surface area contributed by atoms with E-state index in [-0.39, 0.29) is 30.5 Å². The van der Waals surface area contributed by atoms with E-state index in [1.807, 2.05) is 13.0 Å². The molecule has 6 heteroatoms. The first-order valence-corrected chi connectivity index (χ1v) is 7.61. The minimum absolute atomic E-state index is 0. The van der Waals surface area contributed by atoms with Gasteiger partial charge in [-0.25, -0.2) is 0 Å². The molecule has 1 aromatic rings. The molecule has 0 aromatic heterocycles. The van der Waals surface area contributed by atoms with Crippen LogP contribution in [0.2, 0.25) is 0 Å². The van der Waals surface area contributed by atoms with Gasteiger partial charge in [-0.1, -0.05) is 0 Å². The average molecular weight is 334 g/mol. The van der Waals surface area contributed by atoms with Gasteiger partial charge in [0.25, 0.3) is 5.91 Å². The van der Waals surface area contributed by atoms with E-state index in [9.17, 15) is 4.79 Å². The first kappa shape index (κ1) is 17.3. The van der Waals surface area contributed by atoms with Gasteiger partial charge < -0.3 is 15.4 Å².